The van der Waals surface area contributed by atoms with Crippen molar-refractivity contribution in [3.8, 4) is 0 Å². The molecule has 20 heavy (non-hydrogen) atoms. The van der Waals surface area contributed by atoms with Gasteiger partial charge in [0.2, 0.25) is 0 Å². The smallest absolute Gasteiger partial charge is 0.381 e. The maximum absolute atomic E-state index is 13.4. The Bertz CT molecular complexity index is 610. The fraction of sp³-hybridized carbons (Fsp3) is 0.143. The van der Waals surface area contributed by atoms with E-state index >= 15 is 0 Å². The van der Waals surface area contributed by atoms with Gasteiger partial charge in [0.25, 0.3) is 0 Å². The van der Waals surface area contributed by atoms with Crippen molar-refractivity contribution < 1.29 is 17.6 Å². The summed E-state index contributed by atoms with van der Waals surface area (Å²) >= 11 is 2.87. The van der Waals surface area contributed by atoms with Crippen LogP contribution in [-0.2, 0) is 12.7 Å². The standard InChI is InChI=1S/C14H10BrF4N/c15-12-6-5-10(7-11(12)14(17,18)19)20-8-9-3-1-2-4-13(9)16/h1-7,20H,8H2. The molecule has 0 unspecified atom stereocenters. The molecule has 0 fully saturated rings. The van der Waals surface area contributed by atoms with E-state index in [-0.39, 0.29) is 16.7 Å². The van der Waals surface area contributed by atoms with Crippen molar-refractivity contribution in [1.29, 1.82) is 0 Å². The zero-order valence-electron chi connectivity index (χ0n) is 10.1. The van der Waals surface area contributed by atoms with Gasteiger partial charge in [-0.1, -0.05) is 34.1 Å². The molecule has 0 amide bonds. The van der Waals surface area contributed by atoms with Crippen LogP contribution in [0.1, 0.15) is 11.1 Å². The van der Waals surface area contributed by atoms with Gasteiger partial charge in [-0.15, -0.1) is 0 Å². The molecule has 0 radical (unpaired) electrons. The number of rotatable bonds is 3. The van der Waals surface area contributed by atoms with Crippen molar-refractivity contribution in [2.45, 2.75) is 12.7 Å². The summed E-state index contributed by atoms with van der Waals surface area (Å²) in [5.41, 5.74) is -0.0937. The summed E-state index contributed by atoms with van der Waals surface area (Å²) in [5, 5.41) is 2.78. The summed E-state index contributed by atoms with van der Waals surface area (Å²) < 4.78 is 51.6. The number of nitrogens with one attached hydrogen (secondary N) is 1. The maximum Gasteiger partial charge on any atom is 0.417 e. The first-order valence-corrected chi connectivity index (χ1v) is 6.51. The van der Waals surface area contributed by atoms with Crippen LogP contribution in [0.3, 0.4) is 0 Å². The second-order valence-corrected chi connectivity index (χ2v) is 4.99. The highest BCUT2D eigenvalue weighted by Gasteiger charge is 2.33. The average Bonchev–Trinajstić information content (AvgIpc) is 2.38. The maximum atomic E-state index is 13.4. The lowest BCUT2D eigenvalue weighted by Gasteiger charge is -2.12. The molecule has 106 valence electrons. The van der Waals surface area contributed by atoms with Crippen LogP contribution >= 0.6 is 15.9 Å². The first-order valence-electron chi connectivity index (χ1n) is 5.72. The van der Waals surface area contributed by atoms with Crippen LogP contribution in [0.15, 0.2) is 46.9 Å². The summed E-state index contributed by atoms with van der Waals surface area (Å²) in [6, 6.07) is 9.91. The number of hydrogen-bond donors (Lipinski definition) is 1. The van der Waals surface area contributed by atoms with Gasteiger partial charge in [-0.2, -0.15) is 13.2 Å². The molecule has 2 aromatic carbocycles. The Morgan fingerprint density at radius 2 is 1.75 bits per heavy atom. The minimum absolute atomic E-state index is 0.0264. The Hall–Kier alpha value is -1.56. The van der Waals surface area contributed by atoms with Gasteiger partial charge in [-0.25, -0.2) is 4.39 Å². The molecule has 0 aliphatic heterocycles. The highest BCUT2D eigenvalue weighted by Crippen LogP contribution is 2.36. The van der Waals surface area contributed by atoms with E-state index in [1.165, 1.54) is 18.2 Å². The van der Waals surface area contributed by atoms with Gasteiger partial charge < -0.3 is 5.32 Å². The monoisotopic (exact) mass is 347 g/mol. The molecule has 0 bridgehead atoms. The third-order valence-electron chi connectivity index (χ3n) is 2.71. The third-order valence-corrected chi connectivity index (χ3v) is 3.40. The Morgan fingerprint density at radius 1 is 1.05 bits per heavy atom. The van der Waals surface area contributed by atoms with E-state index in [4.69, 9.17) is 0 Å². The molecule has 0 saturated heterocycles. The lowest BCUT2D eigenvalue weighted by atomic mass is 10.1. The predicted molar refractivity (Wildman–Crippen MR) is 72.9 cm³/mol. The molecular formula is C14H10BrF4N. The zero-order chi connectivity index (χ0) is 14.8. The molecular weight excluding hydrogens is 338 g/mol. The van der Waals surface area contributed by atoms with Crippen molar-refractivity contribution in [2.24, 2.45) is 0 Å². The molecule has 6 heteroatoms. The van der Waals surface area contributed by atoms with E-state index in [9.17, 15) is 17.6 Å². The van der Waals surface area contributed by atoms with Crippen molar-refractivity contribution in [3.63, 3.8) is 0 Å². The quantitative estimate of drug-likeness (QED) is 0.750. The SMILES string of the molecule is Fc1ccccc1CNc1ccc(Br)c(C(F)(F)F)c1. The van der Waals surface area contributed by atoms with Crippen molar-refractivity contribution >= 4 is 21.6 Å². The molecule has 0 atom stereocenters. The summed E-state index contributed by atoms with van der Waals surface area (Å²) in [6.07, 6.45) is -4.44. The molecule has 0 aliphatic rings. The van der Waals surface area contributed by atoms with Crippen LogP contribution in [0, 0.1) is 5.82 Å². The minimum Gasteiger partial charge on any atom is -0.381 e. The highest BCUT2D eigenvalue weighted by atomic mass is 79.9. The largest absolute Gasteiger partial charge is 0.417 e. The van der Waals surface area contributed by atoms with E-state index in [0.717, 1.165) is 6.07 Å². The van der Waals surface area contributed by atoms with Crippen LogP contribution in [0.4, 0.5) is 23.2 Å². The van der Waals surface area contributed by atoms with Crippen LogP contribution in [0.25, 0.3) is 0 Å². The van der Waals surface area contributed by atoms with Crippen LogP contribution < -0.4 is 5.32 Å². The van der Waals surface area contributed by atoms with Gasteiger partial charge in [-0.05, 0) is 24.3 Å². The fourth-order valence-corrected chi connectivity index (χ4v) is 2.16. The van der Waals surface area contributed by atoms with E-state index < -0.39 is 17.6 Å². The summed E-state index contributed by atoms with van der Waals surface area (Å²) in [7, 11) is 0. The molecule has 0 spiro atoms. The molecule has 0 aliphatic carbocycles. The Balaban J connectivity index is 2.17. The molecule has 0 saturated carbocycles. The van der Waals surface area contributed by atoms with Gasteiger partial charge in [0, 0.05) is 22.3 Å². The van der Waals surface area contributed by atoms with Gasteiger partial charge in [-0.3, -0.25) is 0 Å². The third kappa shape index (κ3) is 3.50. The van der Waals surface area contributed by atoms with Crippen LogP contribution in [0.2, 0.25) is 0 Å². The Morgan fingerprint density at radius 3 is 2.40 bits per heavy atom. The molecule has 2 rings (SSSR count). The molecule has 1 N–H and O–H groups in total. The van der Waals surface area contributed by atoms with E-state index in [1.807, 2.05) is 0 Å². The number of hydrogen-bond acceptors (Lipinski definition) is 1. The second-order valence-electron chi connectivity index (χ2n) is 4.14. The fourth-order valence-electron chi connectivity index (χ4n) is 1.69. The van der Waals surface area contributed by atoms with Gasteiger partial charge in [0.1, 0.15) is 5.82 Å². The highest BCUT2D eigenvalue weighted by molar-refractivity contribution is 9.10. The predicted octanol–water partition coefficient (Wildman–Crippen LogP) is 5.22. The molecule has 1 nitrogen and oxygen atoms in total. The first-order chi connectivity index (χ1) is 9.38. The van der Waals surface area contributed by atoms with E-state index in [2.05, 4.69) is 21.2 Å². The van der Waals surface area contributed by atoms with Crippen LogP contribution in [0.5, 0.6) is 0 Å². The lowest BCUT2D eigenvalue weighted by molar-refractivity contribution is -0.138. The lowest BCUT2D eigenvalue weighted by Crippen LogP contribution is -2.08. The molecule has 0 aromatic heterocycles. The van der Waals surface area contributed by atoms with Gasteiger partial charge in [0.15, 0.2) is 0 Å². The van der Waals surface area contributed by atoms with Crippen LogP contribution in [-0.4, -0.2) is 0 Å². The summed E-state index contributed by atoms with van der Waals surface area (Å²) in [5.74, 6) is -0.395. The van der Waals surface area contributed by atoms with Crippen molar-refractivity contribution in [1.82, 2.24) is 0 Å². The number of halogens is 5. The topological polar surface area (TPSA) is 12.0 Å². The average molecular weight is 348 g/mol. The molecule has 0 heterocycles. The minimum atomic E-state index is -4.44. The van der Waals surface area contributed by atoms with E-state index in [0.29, 0.717) is 5.56 Å². The van der Waals surface area contributed by atoms with Gasteiger partial charge >= 0.3 is 6.18 Å². The first kappa shape index (κ1) is 14.8. The van der Waals surface area contributed by atoms with Gasteiger partial charge in [0.05, 0.1) is 5.56 Å². The normalized spacial score (nSPS) is 11.4. The molecule has 2 aromatic rings. The van der Waals surface area contributed by atoms with Crippen molar-refractivity contribution in [3.05, 3.63) is 63.9 Å². The second kappa shape index (κ2) is 5.83. The van der Waals surface area contributed by atoms with E-state index in [1.54, 1.807) is 18.2 Å². The Kier molecular flexibility index (Phi) is 4.32. The van der Waals surface area contributed by atoms with Crippen molar-refractivity contribution in [2.75, 3.05) is 5.32 Å². The number of benzene rings is 2. The number of anilines is 1. The zero-order valence-corrected chi connectivity index (χ0v) is 11.7. The summed E-state index contributed by atoms with van der Waals surface area (Å²) in [6.45, 7) is 0.117. The summed E-state index contributed by atoms with van der Waals surface area (Å²) in [4.78, 5) is 0. The Labute approximate surface area is 121 Å². The number of alkyl halides is 3.